The summed E-state index contributed by atoms with van der Waals surface area (Å²) in [7, 11) is 0. The zero-order chi connectivity index (χ0) is 13.5. The van der Waals surface area contributed by atoms with Crippen LogP contribution in [0.4, 0.5) is 5.69 Å². The number of nitrogens with two attached hydrogens (primary N) is 1. The molecule has 2 N–H and O–H groups in total. The van der Waals surface area contributed by atoms with Crippen LogP contribution in [0.25, 0.3) is 0 Å². The Kier molecular flexibility index (Phi) is 4.98. The van der Waals surface area contributed by atoms with Gasteiger partial charge in [-0.05, 0) is 37.6 Å². The number of para-hydroxylation sites is 1. The smallest absolute Gasteiger partial charge is 0.0584 e. The van der Waals surface area contributed by atoms with Crippen molar-refractivity contribution in [3.63, 3.8) is 0 Å². The largest absolute Gasteiger partial charge is 0.369 e. The van der Waals surface area contributed by atoms with E-state index in [4.69, 9.17) is 5.73 Å². The molecular formula is C15H22N4. The van der Waals surface area contributed by atoms with Crippen molar-refractivity contribution < 1.29 is 0 Å². The molecule has 1 aromatic heterocycles. The number of hydrogen-bond acceptors (Lipinski definition) is 3. The second-order valence-electron chi connectivity index (χ2n) is 4.68. The molecular weight excluding hydrogens is 236 g/mol. The van der Waals surface area contributed by atoms with Gasteiger partial charge in [-0.1, -0.05) is 18.2 Å². The summed E-state index contributed by atoms with van der Waals surface area (Å²) in [6.45, 7) is 5.71. The zero-order valence-electron chi connectivity index (χ0n) is 11.5. The van der Waals surface area contributed by atoms with Crippen LogP contribution in [0.5, 0.6) is 0 Å². The minimum absolute atomic E-state index is 0.726. The Labute approximate surface area is 114 Å². The molecule has 102 valence electrons. The maximum Gasteiger partial charge on any atom is 0.0584 e. The van der Waals surface area contributed by atoms with Crippen LogP contribution in [0.3, 0.4) is 0 Å². The fourth-order valence-electron chi connectivity index (χ4n) is 2.21. The number of anilines is 1. The van der Waals surface area contributed by atoms with Crippen molar-refractivity contribution in [2.45, 2.75) is 19.9 Å². The monoisotopic (exact) mass is 258 g/mol. The topological polar surface area (TPSA) is 47.1 Å². The standard InChI is InChI=1S/C15H22N4/c1-14-6-2-3-7-15(14)18(10-4-8-16)12-13-19-11-5-9-17-19/h2-3,5-7,9,11H,4,8,10,12-13,16H2,1H3. The van der Waals surface area contributed by atoms with E-state index < -0.39 is 0 Å². The molecule has 0 aliphatic carbocycles. The van der Waals surface area contributed by atoms with Gasteiger partial charge in [0.2, 0.25) is 0 Å². The molecule has 2 rings (SSSR count). The van der Waals surface area contributed by atoms with E-state index >= 15 is 0 Å². The summed E-state index contributed by atoms with van der Waals surface area (Å²) in [5.41, 5.74) is 8.24. The summed E-state index contributed by atoms with van der Waals surface area (Å²) in [6, 6.07) is 10.4. The van der Waals surface area contributed by atoms with Gasteiger partial charge < -0.3 is 10.6 Å². The molecule has 0 saturated heterocycles. The highest BCUT2D eigenvalue weighted by Crippen LogP contribution is 2.19. The quantitative estimate of drug-likeness (QED) is 0.827. The molecule has 0 aliphatic rings. The first kappa shape index (κ1) is 13.6. The van der Waals surface area contributed by atoms with E-state index in [1.807, 2.05) is 23.1 Å². The summed E-state index contributed by atoms with van der Waals surface area (Å²) in [4.78, 5) is 2.39. The Hall–Kier alpha value is -1.81. The molecule has 2 aromatic rings. The number of rotatable bonds is 7. The van der Waals surface area contributed by atoms with Gasteiger partial charge in [0.1, 0.15) is 0 Å². The van der Waals surface area contributed by atoms with Crippen LogP contribution in [0.2, 0.25) is 0 Å². The van der Waals surface area contributed by atoms with E-state index in [1.165, 1.54) is 11.3 Å². The first-order valence-electron chi connectivity index (χ1n) is 6.79. The number of aromatic nitrogens is 2. The predicted molar refractivity (Wildman–Crippen MR) is 79.3 cm³/mol. The predicted octanol–water partition coefficient (Wildman–Crippen LogP) is 2.05. The van der Waals surface area contributed by atoms with E-state index in [0.717, 1.165) is 32.6 Å². The maximum atomic E-state index is 5.64. The highest BCUT2D eigenvalue weighted by Gasteiger charge is 2.08. The summed E-state index contributed by atoms with van der Waals surface area (Å²) >= 11 is 0. The first-order valence-corrected chi connectivity index (χ1v) is 6.79. The number of nitrogens with zero attached hydrogens (tertiary/aromatic N) is 3. The molecule has 0 saturated carbocycles. The summed E-state index contributed by atoms with van der Waals surface area (Å²) < 4.78 is 1.97. The van der Waals surface area contributed by atoms with Crippen molar-refractivity contribution in [3.8, 4) is 0 Å². The molecule has 4 nitrogen and oxygen atoms in total. The lowest BCUT2D eigenvalue weighted by Crippen LogP contribution is -2.30. The van der Waals surface area contributed by atoms with E-state index in [0.29, 0.717) is 0 Å². The third kappa shape index (κ3) is 3.83. The highest BCUT2D eigenvalue weighted by molar-refractivity contribution is 5.52. The van der Waals surface area contributed by atoms with Crippen molar-refractivity contribution in [2.75, 3.05) is 24.5 Å². The van der Waals surface area contributed by atoms with Crippen LogP contribution in [-0.2, 0) is 6.54 Å². The summed E-state index contributed by atoms with van der Waals surface area (Å²) in [6.07, 6.45) is 4.82. The summed E-state index contributed by atoms with van der Waals surface area (Å²) in [5, 5.41) is 4.25. The van der Waals surface area contributed by atoms with Crippen LogP contribution in [-0.4, -0.2) is 29.4 Å². The van der Waals surface area contributed by atoms with Gasteiger partial charge in [-0.25, -0.2) is 0 Å². The number of hydrogen-bond donors (Lipinski definition) is 1. The van der Waals surface area contributed by atoms with Crippen molar-refractivity contribution in [1.82, 2.24) is 9.78 Å². The first-order chi connectivity index (χ1) is 9.31. The lowest BCUT2D eigenvalue weighted by atomic mass is 10.1. The van der Waals surface area contributed by atoms with Crippen LogP contribution in [0, 0.1) is 6.92 Å². The van der Waals surface area contributed by atoms with E-state index in [9.17, 15) is 0 Å². The average molecular weight is 258 g/mol. The van der Waals surface area contributed by atoms with Crippen LogP contribution in [0.15, 0.2) is 42.7 Å². The van der Waals surface area contributed by atoms with Crippen molar-refractivity contribution >= 4 is 5.69 Å². The molecule has 0 unspecified atom stereocenters. The SMILES string of the molecule is Cc1ccccc1N(CCCN)CCn1cccn1. The minimum atomic E-state index is 0.726. The zero-order valence-corrected chi connectivity index (χ0v) is 11.5. The van der Waals surface area contributed by atoms with E-state index in [1.54, 1.807) is 0 Å². The Balaban J connectivity index is 2.05. The molecule has 1 heterocycles. The second kappa shape index (κ2) is 6.95. The molecule has 4 heteroatoms. The van der Waals surface area contributed by atoms with E-state index in [-0.39, 0.29) is 0 Å². The Morgan fingerprint density at radius 2 is 2.05 bits per heavy atom. The Morgan fingerprint density at radius 1 is 1.21 bits per heavy atom. The molecule has 19 heavy (non-hydrogen) atoms. The fourth-order valence-corrected chi connectivity index (χ4v) is 2.21. The van der Waals surface area contributed by atoms with Gasteiger partial charge in [0.15, 0.2) is 0 Å². The van der Waals surface area contributed by atoms with Gasteiger partial charge in [-0.15, -0.1) is 0 Å². The molecule has 0 amide bonds. The lowest BCUT2D eigenvalue weighted by Gasteiger charge is -2.26. The van der Waals surface area contributed by atoms with Gasteiger partial charge in [0, 0.05) is 31.2 Å². The van der Waals surface area contributed by atoms with Crippen molar-refractivity contribution in [2.24, 2.45) is 5.73 Å². The number of aryl methyl sites for hydroxylation is 1. The van der Waals surface area contributed by atoms with Gasteiger partial charge in [0.05, 0.1) is 6.54 Å². The van der Waals surface area contributed by atoms with Gasteiger partial charge in [-0.3, -0.25) is 4.68 Å². The maximum absolute atomic E-state index is 5.64. The van der Waals surface area contributed by atoms with Crippen LogP contribution in [0.1, 0.15) is 12.0 Å². The molecule has 0 fully saturated rings. The molecule has 0 spiro atoms. The third-order valence-electron chi connectivity index (χ3n) is 3.25. The van der Waals surface area contributed by atoms with Crippen LogP contribution >= 0.6 is 0 Å². The number of benzene rings is 1. The molecule has 0 aliphatic heterocycles. The van der Waals surface area contributed by atoms with Crippen molar-refractivity contribution in [1.29, 1.82) is 0 Å². The molecule has 0 atom stereocenters. The lowest BCUT2D eigenvalue weighted by molar-refractivity contribution is 0.589. The van der Waals surface area contributed by atoms with Gasteiger partial charge in [-0.2, -0.15) is 5.10 Å². The van der Waals surface area contributed by atoms with Gasteiger partial charge >= 0.3 is 0 Å². The second-order valence-corrected chi connectivity index (χ2v) is 4.68. The van der Waals surface area contributed by atoms with Gasteiger partial charge in [0.25, 0.3) is 0 Å². The molecule has 0 radical (unpaired) electrons. The van der Waals surface area contributed by atoms with Crippen molar-refractivity contribution in [3.05, 3.63) is 48.3 Å². The normalized spacial score (nSPS) is 10.6. The summed E-state index contributed by atoms with van der Waals surface area (Å²) in [5.74, 6) is 0. The fraction of sp³-hybridized carbons (Fsp3) is 0.400. The molecule has 1 aromatic carbocycles. The van der Waals surface area contributed by atoms with Crippen LogP contribution < -0.4 is 10.6 Å². The Bertz CT molecular complexity index is 479. The van der Waals surface area contributed by atoms with E-state index in [2.05, 4.69) is 41.2 Å². The highest BCUT2D eigenvalue weighted by atomic mass is 15.3. The average Bonchev–Trinajstić information content (AvgIpc) is 2.93. The minimum Gasteiger partial charge on any atom is -0.369 e. The Morgan fingerprint density at radius 3 is 2.74 bits per heavy atom. The third-order valence-corrected chi connectivity index (χ3v) is 3.25. The molecule has 0 bridgehead atoms.